The second kappa shape index (κ2) is 10.3. The van der Waals surface area contributed by atoms with Crippen LogP contribution in [0.4, 0.5) is 0 Å². The van der Waals surface area contributed by atoms with Crippen LogP contribution in [0.25, 0.3) is 0 Å². The van der Waals surface area contributed by atoms with Crippen LogP contribution in [0.2, 0.25) is 0 Å². The number of carboxylic acids is 1. The molecule has 2 spiro atoms. The van der Waals surface area contributed by atoms with E-state index in [0.717, 1.165) is 0 Å². The number of cyclic esters (lactones) is 1. The number of aliphatic carboxylic acids is 1. The molecule has 5 heterocycles. The fourth-order valence-electron chi connectivity index (χ4n) is 10.5. The van der Waals surface area contributed by atoms with E-state index >= 15 is 0 Å². The van der Waals surface area contributed by atoms with Crippen LogP contribution >= 0.6 is 0 Å². The molecule has 0 amide bonds. The SMILES string of the molecule is CC1(C)O[C@H]2CC(=O)OC[C@]23[C@H]2CC[C@@](C)([C@@H](O[C@@H]4O[C@H](CO)[C@@H](O)[C@H](O)[C@H]4O)c4ccoc4)[C@@]4(OC4C(=O)O)[C@]2(C)C(=O)C[C@@H]13. The summed E-state index contributed by atoms with van der Waals surface area (Å²) in [5.41, 5.74) is -5.40. The second-order valence-electron chi connectivity index (χ2n) is 14.9. The summed E-state index contributed by atoms with van der Waals surface area (Å²) in [5, 5.41) is 52.1. The number of aliphatic hydroxyl groups is 4. The van der Waals surface area contributed by atoms with Gasteiger partial charge < -0.3 is 53.6 Å². The lowest BCUT2D eigenvalue weighted by Gasteiger charge is -2.64. The van der Waals surface area contributed by atoms with Crippen molar-refractivity contribution in [3.63, 3.8) is 0 Å². The van der Waals surface area contributed by atoms with Gasteiger partial charge in [-0.25, -0.2) is 4.79 Å². The molecule has 2 saturated carbocycles. The van der Waals surface area contributed by atoms with E-state index in [1.54, 1.807) is 19.9 Å². The Kier molecular flexibility index (Phi) is 7.19. The molecule has 14 atom stereocenters. The number of carbonyl (C=O) groups is 3. The van der Waals surface area contributed by atoms with Gasteiger partial charge in [-0.3, -0.25) is 9.59 Å². The van der Waals surface area contributed by atoms with E-state index in [4.69, 9.17) is 28.1 Å². The van der Waals surface area contributed by atoms with Gasteiger partial charge in [0.05, 0.1) is 48.8 Å². The molecule has 7 rings (SSSR count). The number of aliphatic hydroxyl groups excluding tert-OH is 4. The molecule has 2 aliphatic carbocycles. The molecule has 4 saturated heterocycles. The first-order valence-corrected chi connectivity index (χ1v) is 15.9. The number of fused-ring (bicyclic) bond motifs is 2. The van der Waals surface area contributed by atoms with Gasteiger partial charge in [-0.2, -0.15) is 0 Å². The summed E-state index contributed by atoms with van der Waals surface area (Å²) in [6.45, 7) is 6.73. The Balaban J connectivity index is 1.35. The number of epoxide rings is 1. The topological polar surface area (TPSA) is 215 Å². The smallest absolute Gasteiger partial charge is 0.335 e. The lowest BCUT2D eigenvalue weighted by Crippen LogP contribution is -2.72. The minimum Gasteiger partial charge on any atom is -0.479 e. The Morgan fingerprint density at radius 1 is 1.04 bits per heavy atom. The van der Waals surface area contributed by atoms with Crippen LogP contribution in [-0.4, -0.2) is 111 Å². The number of carboxylic acid groups (broad SMARTS) is 1. The number of hydrogen-bond donors (Lipinski definition) is 5. The number of furan rings is 1. The van der Waals surface area contributed by atoms with Crippen molar-refractivity contribution in [3.05, 3.63) is 24.2 Å². The molecule has 46 heavy (non-hydrogen) atoms. The lowest BCUT2D eigenvalue weighted by molar-refractivity contribution is -0.328. The van der Waals surface area contributed by atoms with E-state index < -0.39 is 95.0 Å². The van der Waals surface area contributed by atoms with Crippen LogP contribution < -0.4 is 0 Å². The van der Waals surface area contributed by atoms with Crippen LogP contribution in [0.5, 0.6) is 0 Å². The molecule has 0 aromatic carbocycles. The van der Waals surface area contributed by atoms with Gasteiger partial charge in [0.25, 0.3) is 0 Å². The summed E-state index contributed by atoms with van der Waals surface area (Å²) in [7, 11) is 0. The Hall–Kier alpha value is -2.43. The van der Waals surface area contributed by atoms with Crippen molar-refractivity contribution in [2.75, 3.05) is 13.2 Å². The first-order chi connectivity index (χ1) is 21.6. The van der Waals surface area contributed by atoms with Crippen molar-refractivity contribution in [2.45, 2.75) is 114 Å². The van der Waals surface area contributed by atoms with E-state index in [-0.39, 0.29) is 43.5 Å². The fourth-order valence-corrected chi connectivity index (χ4v) is 10.5. The van der Waals surface area contributed by atoms with Gasteiger partial charge in [-0.15, -0.1) is 0 Å². The first kappa shape index (κ1) is 32.1. The molecule has 254 valence electrons. The van der Waals surface area contributed by atoms with E-state index in [2.05, 4.69) is 0 Å². The summed E-state index contributed by atoms with van der Waals surface area (Å²) < 4.78 is 36.1. The molecular weight excluding hydrogens is 608 g/mol. The lowest BCUT2D eigenvalue weighted by atomic mass is 9.37. The Bertz CT molecular complexity index is 1410. The third kappa shape index (κ3) is 3.89. The Labute approximate surface area is 264 Å². The van der Waals surface area contributed by atoms with Crippen molar-refractivity contribution >= 4 is 17.7 Å². The standard InChI is InChI=1S/C32H42O14/c1-28(2)17-9-18(34)30(4)16(31(17)13-42-20(35)10-19(31)45-28)5-7-29(3,32(30)25(46-32)26(39)40)24(14-6-8-41-12-14)44-27-23(38)22(37)21(36)15(11-33)43-27/h6,8,12,15-17,19,21-25,27,33,36-38H,5,7,9-11,13H2,1-4H3,(H,39,40)/t15-,16+,17+,19+,21-,22+,23-,24+,25?,27+,29+,30+,31-,32-/m1/s1. The van der Waals surface area contributed by atoms with Crippen LogP contribution in [0.1, 0.15) is 65.0 Å². The molecule has 1 unspecified atom stereocenters. The van der Waals surface area contributed by atoms with Crippen LogP contribution in [-0.2, 0) is 38.1 Å². The van der Waals surface area contributed by atoms with Gasteiger partial charge in [0.15, 0.2) is 12.4 Å². The predicted octanol–water partition coefficient (Wildman–Crippen LogP) is 0.482. The molecule has 0 radical (unpaired) electrons. The number of Topliss-reactive ketones (excluding diaryl/α,β-unsaturated/α-hetero) is 1. The highest BCUT2D eigenvalue weighted by Gasteiger charge is 2.88. The molecular formula is C32H42O14. The van der Waals surface area contributed by atoms with Crippen LogP contribution in [0.15, 0.2) is 23.0 Å². The van der Waals surface area contributed by atoms with Gasteiger partial charge in [-0.05, 0) is 45.6 Å². The molecule has 1 aromatic heterocycles. The molecule has 0 bridgehead atoms. The molecule has 4 aliphatic heterocycles. The van der Waals surface area contributed by atoms with Gasteiger partial charge in [-0.1, -0.05) is 6.92 Å². The van der Waals surface area contributed by atoms with Gasteiger partial charge in [0.1, 0.15) is 42.4 Å². The third-order valence-electron chi connectivity index (χ3n) is 12.6. The van der Waals surface area contributed by atoms with Crippen molar-refractivity contribution in [2.24, 2.45) is 28.1 Å². The zero-order valence-corrected chi connectivity index (χ0v) is 26.2. The largest absolute Gasteiger partial charge is 0.479 e. The maximum atomic E-state index is 14.7. The number of hydrogen-bond acceptors (Lipinski definition) is 13. The van der Waals surface area contributed by atoms with Crippen LogP contribution in [0.3, 0.4) is 0 Å². The fraction of sp³-hybridized carbons (Fsp3) is 0.781. The van der Waals surface area contributed by atoms with Gasteiger partial charge in [0, 0.05) is 28.7 Å². The number of rotatable bonds is 6. The predicted molar refractivity (Wildman–Crippen MR) is 151 cm³/mol. The molecule has 14 heteroatoms. The number of ketones is 1. The molecule has 5 N–H and O–H groups in total. The average Bonchev–Trinajstić information content (AvgIpc) is 3.48. The van der Waals surface area contributed by atoms with E-state index in [0.29, 0.717) is 12.0 Å². The third-order valence-corrected chi connectivity index (χ3v) is 12.6. The van der Waals surface area contributed by atoms with Crippen molar-refractivity contribution in [1.82, 2.24) is 0 Å². The normalized spacial score (nSPS) is 49.9. The molecule has 6 aliphatic rings. The van der Waals surface area contributed by atoms with Crippen LogP contribution in [0, 0.1) is 28.1 Å². The van der Waals surface area contributed by atoms with E-state index in [1.165, 1.54) is 12.5 Å². The summed E-state index contributed by atoms with van der Waals surface area (Å²) in [4.78, 5) is 40.1. The summed E-state index contributed by atoms with van der Waals surface area (Å²) >= 11 is 0. The maximum absolute atomic E-state index is 14.7. The molecule has 1 aromatic rings. The van der Waals surface area contributed by atoms with E-state index in [1.807, 2.05) is 13.8 Å². The summed E-state index contributed by atoms with van der Waals surface area (Å²) in [5.74, 6) is -2.60. The van der Waals surface area contributed by atoms with Gasteiger partial charge in [0.2, 0.25) is 0 Å². The van der Waals surface area contributed by atoms with Crippen molar-refractivity contribution in [1.29, 1.82) is 0 Å². The Morgan fingerprint density at radius 2 is 1.78 bits per heavy atom. The monoisotopic (exact) mass is 650 g/mol. The summed E-state index contributed by atoms with van der Waals surface area (Å²) in [6, 6.07) is 1.61. The highest BCUT2D eigenvalue weighted by Crippen LogP contribution is 2.78. The quantitative estimate of drug-likeness (QED) is 0.209. The summed E-state index contributed by atoms with van der Waals surface area (Å²) in [6.07, 6.45) is -7.39. The highest BCUT2D eigenvalue weighted by molar-refractivity contribution is 5.92. The maximum Gasteiger partial charge on any atom is 0.335 e. The molecule has 14 nitrogen and oxygen atoms in total. The highest BCUT2D eigenvalue weighted by atomic mass is 16.7. The number of carbonyl (C=O) groups excluding carboxylic acids is 2. The van der Waals surface area contributed by atoms with Crippen molar-refractivity contribution < 1.29 is 68.0 Å². The van der Waals surface area contributed by atoms with Crippen molar-refractivity contribution in [3.8, 4) is 0 Å². The molecule has 6 fully saturated rings. The van der Waals surface area contributed by atoms with E-state index in [9.17, 15) is 39.9 Å². The minimum atomic E-state index is -1.74. The second-order valence-corrected chi connectivity index (χ2v) is 14.9. The zero-order valence-electron chi connectivity index (χ0n) is 26.2. The zero-order chi connectivity index (χ0) is 33.2. The van der Waals surface area contributed by atoms with Gasteiger partial charge >= 0.3 is 11.9 Å². The first-order valence-electron chi connectivity index (χ1n) is 15.9. The average molecular weight is 651 g/mol. The number of esters is 1. The Morgan fingerprint density at radius 3 is 2.41 bits per heavy atom. The number of ether oxygens (including phenoxy) is 5. The minimum absolute atomic E-state index is 0.0199.